The summed E-state index contributed by atoms with van der Waals surface area (Å²) in [6, 6.07) is 7.06. The first-order chi connectivity index (χ1) is 11.3. The van der Waals surface area contributed by atoms with Gasteiger partial charge in [0, 0.05) is 12.1 Å². The summed E-state index contributed by atoms with van der Waals surface area (Å²) in [6.45, 7) is 1.74. The first-order valence-corrected chi connectivity index (χ1v) is 7.16. The summed E-state index contributed by atoms with van der Waals surface area (Å²) in [6.07, 6.45) is 0.150. The molecule has 126 valence electrons. The van der Waals surface area contributed by atoms with E-state index in [0.29, 0.717) is 11.3 Å². The first-order valence-electron chi connectivity index (χ1n) is 7.16. The van der Waals surface area contributed by atoms with Crippen LogP contribution in [-0.4, -0.2) is 32.3 Å². The van der Waals surface area contributed by atoms with Gasteiger partial charge >= 0.3 is 5.97 Å². The molecular weight excluding hydrogens is 314 g/mol. The summed E-state index contributed by atoms with van der Waals surface area (Å²) in [5, 5.41) is 40.0. The highest BCUT2D eigenvalue weighted by molar-refractivity contribution is 5.94. The maximum atomic E-state index is 12.0. The molecule has 0 radical (unpaired) electrons. The van der Waals surface area contributed by atoms with Crippen LogP contribution in [-0.2, 0) is 11.2 Å². The third-order valence-corrected chi connectivity index (χ3v) is 3.59. The Kier molecular flexibility index (Phi) is 4.93. The molecule has 2 aromatic carbocycles. The summed E-state index contributed by atoms with van der Waals surface area (Å²) < 4.78 is 0. The largest absolute Gasteiger partial charge is 0.504 e. The lowest BCUT2D eigenvalue weighted by Gasteiger charge is -2.10. The van der Waals surface area contributed by atoms with E-state index in [0.717, 1.165) is 5.56 Å². The van der Waals surface area contributed by atoms with Gasteiger partial charge in [0.1, 0.15) is 0 Å². The zero-order valence-electron chi connectivity index (χ0n) is 12.9. The lowest BCUT2D eigenvalue weighted by atomic mass is 10.1. The molecule has 0 unspecified atom stereocenters. The number of aromatic hydroxyl groups is 3. The molecule has 5 N–H and O–H groups in total. The van der Waals surface area contributed by atoms with E-state index in [1.165, 1.54) is 24.3 Å². The van der Waals surface area contributed by atoms with E-state index < -0.39 is 23.2 Å². The molecule has 1 amide bonds. The maximum absolute atomic E-state index is 12.0. The molecule has 0 spiro atoms. The molecule has 0 bridgehead atoms. The van der Waals surface area contributed by atoms with Crippen LogP contribution in [0.15, 0.2) is 30.3 Å². The Morgan fingerprint density at radius 2 is 1.75 bits per heavy atom. The molecule has 0 aliphatic rings. The number of phenols is 3. The van der Waals surface area contributed by atoms with Crippen LogP contribution in [0, 0.1) is 6.92 Å². The van der Waals surface area contributed by atoms with E-state index >= 15 is 0 Å². The van der Waals surface area contributed by atoms with Gasteiger partial charge in [0.15, 0.2) is 11.5 Å². The number of hydrogen-bond donors (Lipinski definition) is 5. The van der Waals surface area contributed by atoms with Crippen molar-refractivity contribution in [1.29, 1.82) is 0 Å². The highest BCUT2D eigenvalue weighted by Gasteiger charge is 2.13. The fraction of sp³-hybridized carbons (Fsp3) is 0.176. The number of carboxylic acids is 1. The van der Waals surface area contributed by atoms with Crippen molar-refractivity contribution in [2.24, 2.45) is 0 Å². The number of aromatic carboxylic acids is 1. The van der Waals surface area contributed by atoms with Crippen LogP contribution >= 0.6 is 0 Å². The third kappa shape index (κ3) is 3.75. The van der Waals surface area contributed by atoms with Gasteiger partial charge in [-0.15, -0.1) is 0 Å². The fourth-order valence-corrected chi connectivity index (χ4v) is 2.16. The highest BCUT2D eigenvalue weighted by Crippen LogP contribution is 2.37. The van der Waals surface area contributed by atoms with Crippen molar-refractivity contribution in [3.8, 4) is 17.2 Å². The van der Waals surface area contributed by atoms with Gasteiger partial charge in [-0.1, -0.05) is 12.1 Å². The summed E-state index contributed by atoms with van der Waals surface area (Å²) in [4.78, 5) is 23.0. The second kappa shape index (κ2) is 6.91. The van der Waals surface area contributed by atoms with Crippen LogP contribution < -0.4 is 5.32 Å². The molecule has 0 fully saturated rings. The number of nitrogens with one attached hydrogen (secondary N) is 1. The van der Waals surface area contributed by atoms with Gasteiger partial charge in [-0.2, -0.15) is 0 Å². The van der Waals surface area contributed by atoms with E-state index in [1.807, 2.05) is 0 Å². The van der Waals surface area contributed by atoms with Crippen molar-refractivity contribution in [2.75, 3.05) is 5.32 Å². The summed E-state index contributed by atoms with van der Waals surface area (Å²) >= 11 is 0. The number of aryl methyl sites for hydroxylation is 2. The summed E-state index contributed by atoms with van der Waals surface area (Å²) in [7, 11) is 0. The number of hydrogen-bond acceptors (Lipinski definition) is 5. The van der Waals surface area contributed by atoms with E-state index in [4.69, 9.17) is 5.11 Å². The Hall–Kier alpha value is -3.22. The van der Waals surface area contributed by atoms with Gasteiger partial charge in [0.2, 0.25) is 11.7 Å². The second-order valence-electron chi connectivity index (χ2n) is 5.32. The standard InChI is InChI=1S/C17H17NO6/c1-9-2-3-11(17(23)24)8-12(9)18-14(20)7-5-10-4-6-13(19)16(22)15(10)21/h2-4,6,8,19,21-22H,5,7H2,1H3,(H,18,20)(H,23,24). The minimum absolute atomic E-state index is 0.00845. The SMILES string of the molecule is Cc1ccc(C(=O)O)cc1NC(=O)CCc1ccc(O)c(O)c1O. The number of amides is 1. The van der Waals surface area contributed by atoms with E-state index in [9.17, 15) is 24.9 Å². The molecule has 0 heterocycles. The molecule has 24 heavy (non-hydrogen) atoms. The van der Waals surface area contributed by atoms with Gasteiger partial charge in [-0.3, -0.25) is 4.79 Å². The zero-order chi connectivity index (χ0) is 17.9. The lowest BCUT2D eigenvalue weighted by molar-refractivity contribution is -0.116. The predicted octanol–water partition coefficient (Wildman–Crippen LogP) is 2.38. The minimum atomic E-state index is -1.09. The molecule has 2 aromatic rings. The van der Waals surface area contributed by atoms with Crippen LogP contribution in [0.5, 0.6) is 17.2 Å². The van der Waals surface area contributed by atoms with Crippen molar-refractivity contribution in [1.82, 2.24) is 0 Å². The van der Waals surface area contributed by atoms with Gasteiger partial charge < -0.3 is 25.7 Å². The first kappa shape index (κ1) is 17.1. The number of rotatable bonds is 5. The Bertz CT molecular complexity index is 800. The van der Waals surface area contributed by atoms with E-state index in [1.54, 1.807) is 13.0 Å². The van der Waals surface area contributed by atoms with Gasteiger partial charge in [-0.05, 0) is 42.7 Å². The minimum Gasteiger partial charge on any atom is -0.504 e. The number of carbonyl (C=O) groups is 2. The topological polar surface area (TPSA) is 127 Å². The molecular formula is C17H17NO6. The average molecular weight is 331 g/mol. The monoisotopic (exact) mass is 331 g/mol. The number of carboxylic acid groups (broad SMARTS) is 1. The maximum Gasteiger partial charge on any atom is 0.335 e. The molecule has 7 heteroatoms. The van der Waals surface area contributed by atoms with Crippen molar-refractivity contribution in [2.45, 2.75) is 19.8 Å². The number of benzene rings is 2. The molecule has 0 atom stereocenters. The van der Waals surface area contributed by atoms with Crippen LogP contribution in [0.4, 0.5) is 5.69 Å². The lowest BCUT2D eigenvalue weighted by Crippen LogP contribution is -2.14. The Morgan fingerprint density at radius 3 is 2.42 bits per heavy atom. The van der Waals surface area contributed by atoms with Crippen molar-refractivity contribution in [3.63, 3.8) is 0 Å². The van der Waals surface area contributed by atoms with Gasteiger partial charge in [-0.25, -0.2) is 4.79 Å². The molecule has 0 aliphatic heterocycles. The molecule has 0 aromatic heterocycles. The van der Waals surface area contributed by atoms with Crippen molar-refractivity contribution in [3.05, 3.63) is 47.0 Å². The average Bonchev–Trinajstić information content (AvgIpc) is 2.54. The van der Waals surface area contributed by atoms with Crippen LogP contribution in [0.2, 0.25) is 0 Å². The molecule has 0 saturated heterocycles. The zero-order valence-corrected chi connectivity index (χ0v) is 12.9. The quantitative estimate of drug-likeness (QED) is 0.535. The number of carbonyl (C=O) groups excluding carboxylic acids is 1. The highest BCUT2D eigenvalue weighted by atomic mass is 16.4. The van der Waals surface area contributed by atoms with Crippen LogP contribution in [0.3, 0.4) is 0 Å². The molecule has 0 aliphatic carbocycles. The van der Waals surface area contributed by atoms with Gasteiger partial charge in [0.25, 0.3) is 0 Å². The predicted molar refractivity (Wildman–Crippen MR) is 86.5 cm³/mol. The molecule has 2 rings (SSSR count). The van der Waals surface area contributed by atoms with Crippen molar-refractivity contribution < 1.29 is 30.0 Å². The summed E-state index contributed by atoms with van der Waals surface area (Å²) in [5.41, 5.74) is 1.50. The Morgan fingerprint density at radius 1 is 1.04 bits per heavy atom. The van der Waals surface area contributed by atoms with E-state index in [2.05, 4.69) is 5.32 Å². The number of phenolic OH excluding ortho intramolecular Hbond substituents is 3. The normalized spacial score (nSPS) is 10.4. The Balaban J connectivity index is 2.06. The number of anilines is 1. The smallest absolute Gasteiger partial charge is 0.335 e. The van der Waals surface area contributed by atoms with Crippen LogP contribution in [0.25, 0.3) is 0 Å². The summed E-state index contributed by atoms with van der Waals surface area (Å²) in [5.74, 6) is -2.99. The molecule has 7 nitrogen and oxygen atoms in total. The molecule has 0 saturated carbocycles. The van der Waals surface area contributed by atoms with Crippen molar-refractivity contribution >= 4 is 17.6 Å². The van der Waals surface area contributed by atoms with Gasteiger partial charge in [0.05, 0.1) is 5.56 Å². The van der Waals surface area contributed by atoms with E-state index in [-0.39, 0.29) is 24.3 Å². The van der Waals surface area contributed by atoms with Crippen LogP contribution in [0.1, 0.15) is 27.9 Å². The second-order valence-corrected chi connectivity index (χ2v) is 5.32. The third-order valence-electron chi connectivity index (χ3n) is 3.59. The Labute approximate surface area is 137 Å². The fourth-order valence-electron chi connectivity index (χ4n) is 2.16.